The van der Waals surface area contributed by atoms with Gasteiger partial charge in [-0.1, -0.05) is 23.9 Å². The number of rotatable bonds is 7. The second-order valence-electron chi connectivity index (χ2n) is 7.08. The zero-order chi connectivity index (χ0) is 21.3. The summed E-state index contributed by atoms with van der Waals surface area (Å²) < 4.78 is 13.4. The lowest BCUT2D eigenvalue weighted by Crippen LogP contribution is -2.36. The first kappa shape index (κ1) is 20.6. The van der Waals surface area contributed by atoms with Crippen molar-refractivity contribution in [2.45, 2.75) is 30.8 Å². The summed E-state index contributed by atoms with van der Waals surface area (Å²) in [7, 11) is 3.02. The van der Waals surface area contributed by atoms with Gasteiger partial charge in [0, 0.05) is 26.4 Å². The van der Waals surface area contributed by atoms with Crippen LogP contribution >= 0.6 is 11.8 Å². The average molecular weight is 430 g/mol. The summed E-state index contributed by atoms with van der Waals surface area (Å²) in [6, 6.07) is 7.61. The van der Waals surface area contributed by atoms with Crippen LogP contribution in [0.3, 0.4) is 0 Å². The van der Waals surface area contributed by atoms with Gasteiger partial charge in [0.15, 0.2) is 17.1 Å². The fraction of sp³-hybridized carbons (Fsp3) is 0.400. The van der Waals surface area contributed by atoms with Crippen LogP contribution in [0.15, 0.2) is 40.4 Å². The predicted octanol–water partition coefficient (Wildman–Crippen LogP) is 1.66. The predicted molar refractivity (Wildman–Crippen MR) is 113 cm³/mol. The summed E-state index contributed by atoms with van der Waals surface area (Å²) >= 11 is 1.47. The van der Waals surface area contributed by atoms with E-state index in [0.717, 1.165) is 11.3 Å². The van der Waals surface area contributed by atoms with Crippen molar-refractivity contribution >= 4 is 28.7 Å². The van der Waals surface area contributed by atoms with E-state index in [-0.39, 0.29) is 30.5 Å². The van der Waals surface area contributed by atoms with Gasteiger partial charge in [0.1, 0.15) is 5.39 Å². The maximum absolute atomic E-state index is 13.2. The van der Waals surface area contributed by atoms with Gasteiger partial charge in [0.25, 0.3) is 5.56 Å². The number of carbonyl (C=O) groups is 1. The van der Waals surface area contributed by atoms with E-state index in [1.54, 1.807) is 15.4 Å². The smallest absolute Gasteiger partial charge is 0.265 e. The number of benzene rings is 1. The molecule has 0 saturated carbocycles. The summed E-state index contributed by atoms with van der Waals surface area (Å²) in [5.74, 6) is 0.438. The first-order valence-electron chi connectivity index (χ1n) is 9.54. The third kappa shape index (κ3) is 3.85. The monoisotopic (exact) mass is 429 g/mol. The van der Waals surface area contributed by atoms with Gasteiger partial charge in [0.2, 0.25) is 5.91 Å². The molecule has 10 heteroatoms. The standard InChI is InChI=1S/C20H23N5O4S/c1-12-5-4-6-13(7-12)25-18-15(9-22-25)19(27)24-14(11-30-20(24)23-18)8-16(26)21-10-17(28-2)29-3/h4-7,9,14,17H,8,10-11H2,1-3H3,(H,21,26). The van der Waals surface area contributed by atoms with E-state index in [9.17, 15) is 9.59 Å². The van der Waals surface area contributed by atoms with Gasteiger partial charge < -0.3 is 14.8 Å². The topological polar surface area (TPSA) is 100 Å². The fourth-order valence-corrected chi connectivity index (χ4v) is 4.61. The molecule has 0 aliphatic carbocycles. The van der Waals surface area contributed by atoms with Crippen molar-refractivity contribution in [1.82, 2.24) is 24.6 Å². The molecule has 0 spiro atoms. The number of methoxy groups -OCH3 is 2. The minimum absolute atomic E-state index is 0.171. The van der Waals surface area contributed by atoms with Crippen molar-refractivity contribution in [3.8, 4) is 5.69 Å². The molecule has 1 aliphatic heterocycles. The zero-order valence-corrected chi connectivity index (χ0v) is 17.8. The van der Waals surface area contributed by atoms with Gasteiger partial charge in [-0.3, -0.25) is 14.2 Å². The molecule has 1 atom stereocenters. The van der Waals surface area contributed by atoms with Crippen LogP contribution in [0, 0.1) is 6.92 Å². The Labute approximate surface area is 177 Å². The number of ether oxygens (including phenoxy) is 2. The number of fused-ring (bicyclic) bond motifs is 2. The maximum atomic E-state index is 13.2. The Kier molecular flexibility index (Phi) is 5.89. The molecule has 1 aromatic carbocycles. The molecular formula is C20H23N5O4S. The number of carbonyl (C=O) groups excluding carboxylic acids is 1. The first-order valence-corrected chi connectivity index (χ1v) is 10.5. The van der Waals surface area contributed by atoms with E-state index in [0.29, 0.717) is 21.9 Å². The number of aryl methyl sites for hydroxylation is 1. The van der Waals surface area contributed by atoms with Crippen molar-refractivity contribution in [2.75, 3.05) is 26.5 Å². The highest BCUT2D eigenvalue weighted by molar-refractivity contribution is 7.99. The number of thioether (sulfide) groups is 1. The van der Waals surface area contributed by atoms with Crippen molar-refractivity contribution in [3.63, 3.8) is 0 Å². The van der Waals surface area contributed by atoms with Gasteiger partial charge in [-0.2, -0.15) is 5.10 Å². The van der Waals surface area contributed by atoms with E-state index >= 15 is 0 Å². The Bertz CT molecular complexity index is 1140. The summed E-state index contributed by atoms with van der Waals surface area (Å²) in [6.07, 6.45) is 1.22. The Morgan fingerprint density at radius 1 is 1.37 bits per heavy atom. The lowest BCUT2D eigenvalue weighted by molar-refractivity contribution is -0.128. The van der Waals surface area contributed by atoms with Gasteiger partial charge in [-0.15, -0.1) is 0 Å². The highest BCUT2D eigenvalue weighted by atomic mass is 32.2. The minimum atomic E-state index is -0.504. The lowest BCUT2D eigenvalue weighted by atomic mass is 10.2. The van der Waals surface area contributed by atoms with Crippen LogP contribution in [0.2, 0.25) is 0 Å². The molecular weight excluding hydrogens is 406 g/mol. The molecule has 2 aromatic heterocycles. The van der Waals surface area contributed by atoms with Crippen LogP contribution < -0.4 is 10.9 Å². The van der Waals surface area contributed by atoms with Crippen molar-refractivity contribution < 1.29 is 14.3 Å². The third-order valence-electron chi connectivity index (χ3n) is 5.03. The molecule has 3 aromatic rings. The Hall–Kier alpha value is -2.69. The number of nitrogens with zero attached hydrogens (tertiary/aromatic N) is 4. The number of hydrogen-bond acceptors (Lipinski definition) is 7. The quantitative estimate of drug-likeness (QED) is 0.450. The molecule has 30 heavy (non-hydrogen) atoms. The summed E-state index contributed by atoms with van der Waals surface area (Å²) in [4.78, 5) is 30.2. The first-order chi connectivity index (χ1) is 14.5. The molecule has 3 heterocycles. The molecule has 9 nitrogen and oxygen atoms in total. The highest BCUT2D eigenvalue weighted by Gasteiger charge is 2.29. The van der Waals surface area contributed by atoms with Gasteiger partial charge >= 0.3 is 0 Å². The van der Waals surface area contributed by atoms with Gasteiger partial charge in [0.05, 0.1) is 24.5 Å². The normalized spacial score (nSPS) is 15.7. The number of hydrogen-bond donors (Lipinski definition) is 1. The molecule has 0 bridgehead atoms. The van der Waals surface area contributed by atoms with Crippen LogP contribution in [-0.2, 0) is 14.3 Å². The van der Waals surface area contributed by atoms with E-state index in [4.69, 9.17) is 14.5 Å². The molecule has 0 fully saturated rings. The second kappa shape index (κ2) is 8.58. The Balaban J connectivity index is 1.60. The fourth-order valence-electron chi connectivity index (χ4n) is 3.48. The summed E-state index contributed by atoms with van der Waals surface area (Å²) in [5, 5.41) is 8.21. The number of aromatic nitrogens is 4. The zero-order valence-electron chi connectivity index (χ0n) is 17.0. The lowest BCUT2D eigenvalue weighted by Gasteiger charge is -2.16. The molecule has 0 saturated heterocycles. The van der Waals surface area contributed by atoms with Gasteiger partial charge in [-0.25, -0.2) is 9.67 Å². The van der Waals surface area contributed by atoms with E-state index in [1.165, 1.54) is 26.0 Å². The van der Waals surface area contributed by atoms with Crippen LogP contribution in [-0.4, -0.2) is 58.0 Å². The van der Waals surface area contributed by atoms with E-state index < -0.39 is 6.29 Å². The SMILES string of the molecule is COC(CNC(=O)CC1CSc2nc3c(cnn3-c3cccc(C)c3)c(=O)n21)OC. The van der Waals surface area contributed by atoms with Crippen LogP contribution in [0.4, 0.5) is 0 Å². The molecule has 1 amide bonds. The van der Waals surface area contributed by atoms with E-state index in [1.807, 2.05) is 31.2 Å². The van der Waals surface area contributed by atoms with Gasteiger partial charge in [-0.05, 0) is 24.6 Å². The van der Waals surface area contributed by atoms with E-state index in [2.05, 4.69) is 10.4 Å². The third-order valence-corrected chi connectivity index (χ3v) is 6.13. The molecule has 0 radical (unpaired) electrons. The molecule has 1 unspecified atom stereocenters. The second-order valence-corrected chi connectivity index (χ2v) is 8.06. The molecule has 158 valence electrons. The van der Waals surface area contributed by atoms with Crippen molar-refractivity contribution in [2.24, 2.45) is 0 Å². The average Bonchev–Trinajstić information content (AvgIpc) is 3.34. The molecule has 4 rings (SSSR count). The Morgan fingerprint density at radius 2 is 2.17 bits per heavy atom. The maximum Gasteiger partial charge on any atom is 0.265 e. The molecule has 1 N–H and O–H groups in total. The van der Waals surface area contributed by atoms with Crippen molar-refractivity contribution in [3.05, 3.63) is 46.4 Å². The number of amides is 1. The number of nitrogens with one attached hydrogen (secondary N) is 1. The minimum Gasteiger partial charge on any atom is -0.354 e. The Morgan fingerprint density at radius 3 is 2.90 bits per heavy atom. The molecule has 1 aliphatic rings. The summed E-state index contributed by atoms with van der Waals surface area (Å²) in [6.45, 7) is 2.25. The van der Waals surface area contributed by atoms with Crippen molar-refractivity contribution in [1.29, 1.82) is 0 Å². The van der Waals surface area contributed by atoms with Crippen LogP contribution in [0.5, 0.6) is 0 Å². The highest BCUT2D eigenvalue weighted by Crippen LogP contribution is 2.33. The summed E-state index contributed by atoms with van der Waals surface area (Å²) in [5.41, 5.74) is 2.30. The largest absolute Gasteiger partial charge is 0.354 e. The van der Waals surface area contributed by atoms with Crippen LogP contribution in [0.1, 0.15) is 18.0 Å². The van der Waals surface area contributed by atoms with Crippen LogP contribution in [0.25, 0.3) is 16.7 Å².